The van der Waals surface area contributed by atoms with Crippen LogP contribution in [0.4, 0.5) is 10.5 Å². The predicted octanol–water partition coefficient (Wildman–Crippen LogP) is 0.231. The molecule has 10 heteroatoms. The second kappa shape index (κ2) is 5.74. The van der Waals surface area contributed by atoms with E-state index in [1.807, 2.05) is 0 Å². The van der Waals surface area contributed by atoms with Gasteiger partial charge in [0.15, 0.2) is 0 Å². The monoisotopic (exact) mass is 362 g/mol. The number of fused-ring (bicyclic) bond motifs is 1. The van der Waals surface area contributed by atoms with Crippen molar-refractivity contribution >= 4 is 21.9 Å². The van der Waals surface area contributed by atoms with Gasteiger partial charge in [0, 0.05) is 18.7 Å². The molecule has 0 aliphatic carbocycles. The fraction of sp³-hybridized carbons (Fsp3) is 0.133. The first-order valence-corrected chi connectivity index (χ1v) is 8.49. The molecule has 0 saturated heterocycles. The number of amides is 1. The number of nitrogens with zero attached hydrogens (tertiary/aromatic N) is 2. The van der Waals surface area contributed by atoms with Gasteiger partial charge in [0.05, 0.1) is 10.7 Å². The number of benzene rings is 2. The van der Waals surface area contributed by atoms with Gasteiger partial charge in [-0.15, -0.1) is 0 Å². The third kappa shape index (κ3) is 3.53. The van der Waals surface area contributed by atoms with Crippen LogP contribution in [-0.2, 0) is 10.1 Å². The first kappa shape index (κ1) is 16.7. The molecule has 1 aliphatic rings. The van der Waals surface area contributed by atoms with Crippen LogP contribution in [0.15, 0.2) is 57.3 Å². The van der Waals surface area contributed by atoms with Crippen LogP contribution in [0.2, 0.25) is 0 Å². The summed E-state index contributed by atoms with van der Waals surface area (Å²) < 4.78 is 29.7. The van der Waals surface area contributed by atoms with Crippen LogP contribution in [-0.4, -0.2) is 25.4 Å². The highest BCUT2D eigenvalue weighted by Gasteiger charge is 2.27. The van der Waals surface area contributed by atoms with Crippen molar-refractivity contribution in [3.63, 3.8) is 0 Å². The van der Waals surface area contributed by atoms with Crippen LogP contribution in [0, 0.1) is 0 Å². The number of hydrogen-bond donors (Lipinski definition) is 3. The van der Waals surface area contributed by atoms with Crippen LogP contribution in [0.1, 0.15) is 6.92 Å². The van der Waals surface area contributed by atoms with Crippen molar-refractivity contribution < 1.29 is 22.5 Å². The third-order valence-electron chi connectivity index (χ3n) is 3.34. The number of anilines is 1. The van der Waals surface area contributed by atoms with Crippen molar-refractivity contribution in [3.05, 3.63) is 53.2 Å². The Hall–Kier alpha value is -3.14. The zero-order chi connectivity index (χ0) is 18.2. The fourth-order valence-corrected chi connectivity index (χ4v) is 3.22. The summed E-state index contributed by atoms with van der Waals surface area (Å²) in [5, 5.41) is 11.7. The Labute approximate surface area is 142 Å². The van der Waals surface area contributed by atoms with E-state index < -0.39 is 22.0 Å². The van der Waals surface area contributed by atoms with Crippen LogP contribution >= 0.6 is 0 Å². The van der Waals surface area contributed by atoms with Gasteiger partial charge in [-0.3, -0.25) is 5.32 Å². The largest absolute Gasteiger partial charge is 0.465 e. The van der Waals surface area contributed by atoms with E-state index in [2.05, 4.69) is 15.3 Å². The molecule has 2 aromatic carbocycles. The second-order valence-electron chi connectivity index (χ2n) is 5.43. The van der Waals surface area contributed by atoms with E-state index in [-0.39, 0.29) is 10.6 Å². The standard InChI is InChI=1S/C15H14N4O5S/c1-15(19-14(20)21)17-12-7-4-10(8-13(12)18-15)24-25(22,23)11-5-2-9(16)3-6-11/h2-8,19H,16H2,1H3,(H,20,21). The molecule has 1 amide bonds. The number of nitrogens with two attached hydrogens (primary N) is 1. The SMILES string of the molecule is CC1(NC(=O)O)N=c2ccc(OS(=O)(=O)c3ccc(N)cc3)cc2=N1. The summed E-state index contributed by atoms with van der Waals surface area (Å²) in [4.78, 5) is 19.1. The average molecular weight is 362 g/mol. The minimum atomic E-state index is -4.03. The molecule has 3 rings (SSSR count). The maximum Gasteiger partial charge on any atom is 0.408 e. The van der Waals surface area contributed by atoms with Crippen LogP contribution in [0.3, 0.4) is 0 Å². The molecule has 0 saturated carbocycles. The zero-order valence-electron chi connectivity index (χ0n) is 13.0. The van der Waals surface area contributed by atoms with Crippen molar-refractivity contribution in [3.8, 4) is 5.75 Å². The lowest BCUT2D eigenvalue weighted by atomic mass is 10.3. The average Bonchev–Trinajstić information content (AvgIpc) is 2.81. The Morgan fingerprint density at radius 1 is 1.16 bits per heavy atom. The molecule has 2 aromatic rings. The summed E-state index contributed by atoms with van der Waals surface area (Å²) in [5.74, 6) is -1.32. The Kier molecular flexibility index (Phi) is 3.84. The molecular formula is C15H14N4O5S. The smallest absolute Gasteiger partial charge is 0.408 e. The van der Waals surface area contributed by atoms with E-state index in [1.54, 1.807) is 0 Å². The summed E-state index contributed by atoms with van der Waals surface area (Å²) in [5.41, 5.74) is 5.97. The highest BCUT2D eigenvalue weighted by molar-refractivity contribution is 7.87. The van der Waals surface area contributed by atoms with E-state index in [4.69, 9.17) is 15.0 Å². The number of nitrogen functional groups attached to an aromatic ring is 1. The summed E-state index contributed by atoms with van der Waals surface area (Å²) in [7, 11) is -4.03. The van der Waals surface area contributed by atoms with Gasteiger partial charge in [-0.05, 0) is 36.4 Å². The van der Waals surface area contributed by atoms with E-state index in [0.29, 0.717) is 16.4 Å². The highest BCUT2D eigenvalue weighted by atomic mass is 32.2. The quantitative estimate of drug-likeness (QED) is 0.525. The van der Waals surface area contributed by atoms with Gasteiger partial charge in [-0.1, -0.05) is 0 Å². The molecule has 0 radical (unpaired) electrons. The molecule has 0 spiro atoms. The van der Waals surface area contributed by atoms with Crippen molar-refractivity contribution in [2.75, 3.05) is 5.73 Å². The van der Waals surface area contributed by atoms with E-state index in [1.165, 1.54) is 49.4 Å². The lowest BCUT2D eigenvalue weighted by molar-refractivity contribution is 0.182. The minimum Gasteiger partial charge on any atom is -0.465 e. The third-order valence-corrected chi connectivity index (χ3v) is 4.60. The van der Waals surface area contributed by atoms with Gasteiger partial charge in [0.2, 0.25) is 5.79 Å². The Balaban J connectivity index is 1.92. The normalized spacial score (nSPS) is 18.6. The van der Waals surface area contributed by atoms with E-state index >= 15 is 0 Å². The number of rotatable bonds is 4. The number of carboxylic acid groups (broad SMARTS) is 1. The Morgan fingerprint density at radius 3 is 2.44 bits per heavy atom. The fourth-order valence-electron chi connectivity index (χ4n) is 2.30. The highest BCUT2D eigenvalue weighted by Crippen LogP contribution is 2.18. The first-order valence-electron chi connectivity index (χ1n) is 7.08. The summed E-state index contributed by atoms with van der Waals surface area (Å²) in [6.07, 6.45) is -1.27. The molecule has 9 nitrogen and oxygen atoms in total. The molecule has 1 atom stereocenters. The molecule has 0 aromatic heterocycles. The van der Waals surface area contributed by atoms with Gasteiger partial charge in [-0.25, -0.2) is 14.8 Å². The van der Waals surface area contributed by atoms with Crippen LogP contribution in [0.25, 0.3) is 0 Å². The number of nitrogens with one attached hydrogen (secondary N) is 1. The molecule has 0 fully saturated rings. The van der Waals surface area contributed by atoms with Gasteiger partial charge in [0.25, 0.3) is 0 Å². The van der Waals surface area contributed by atoms with E-state index in [9.17, 15) is 13.2 Å². The van der Waals surface area contributed by atoms with Crippen molar-refractivity contribution in [2.45, 2.75) is 17.6 Å². The first-order chi connectivity index (χ1) is 11.7. The molecule has 4 N–H and O–H groups in total. The van der Waals surface area contributed by atoms with Crippen LogP contribution < -0.4 is 25.9 Å². The van der Waals surface area contributed by atoms with Gasteiger partial charge < -0.3 is 15.0 Å². The molecule has 0 bridgehead atoms. The van der Waals surface area contributed by atoms with E-state index in [0.717, 1.165) is 0 Å². The number of hydrogen-bond acceptors (Lipinski definition) is 7. The summed E-state index contributed by atoms with van der Waals surface area (Å²) in [6, 6.07) is 9.88. The summed E-state index contributed by atoms with van der Waals surface area (Å²) >= 11 is 0. The maximum absolute atomic E-state index is 12.3. The van der Waals surface area contributed by atoms with Crippen molar-refractivity contribution in [1.82, 2.24) is 5.32 Å². The minimum absolute atomic E-state index is 0.0362. The second-order valence-corrected chi connectivity index (χ2v) is 6.98. The van der Waals surface area contributed by atoms with Gasteiger partial charge in [-0.2, -0.15) is 8.42 Å². The predicted molar refractivity (Wildman–Crippen MR) is 87.0 cm³/mol. The lowest BCUT2D eigenvalue weighted by Gasteiger charge is -2.16. The topological polar surface area (TPSA) is 143 Å². The molecule has 130 valence electrons. The Morgan fingerprint density at radius 2 is 1.80 bits per heavy atom. The number of carbonyl (C=O) groups is 1. The van der Waals surface area contributed by atoms with Gasteiger partial charge >= 0.3 is 16.2 Å². The molecule has 1 unspecified atom stereocenters. The van der Waals surface area contributed by atoms with Crippen molar-refractivity contribution in [2.24, 2.45) is 9.98 Å². The molecule has 25 heavy (non-hydrogen) atoms. The zero-order valence-corrected chi connectivity index (χ0v) is 13.8. The van der Waals surface area contributed by atoms with Crippen molar-refractivity contribution in [1.29, 1.82) is 0 Å². The molecular weight excluding hydrogens is 348 g/mol. The van der Waals surface area contributed by atoms with Crippen LogP contribution in [0.5, 0.6) is 5.75 Å². The Bertz CT molecular complexity index is 1070. The lowest BCUT2D eigenvalue weighted by Crippen LogP contribution is -2.41. The molecule has 1 heterocycles. The maximum atomic E-state index is 12.3. The molecule has 1 aliphatic heterocycles. The van der Waals surface area contributed by atoms with Gasteiger partial charge in [0.1, 0.15) is 10.6 Å². The summed E-state index contributed by atoms with van der Waals surface area (Å²) in [6.45, 7) is 1.48.